The lowest BCUT2D eigenvalue weighted by Crippen LogP contribution is -2.24. The molecule has 0 heterocycles. The fourth-order valence-corrected chi connectivity index (χ4v) is 0.977. The fourth-order valence-electron chi connectivity index (χ4n) is 0.851. The first-order valence-electron chi connectivity index (χ1n) is 3.58. The van der Waals surface area contributed by atoms with Gasteiger partial charge in [-0.2, -0.15) is 0 Å². The summed E-state index contributed by atoms with van der Waals surface area (Å²) in [6, 6.07) is 6.18. The van der Waals surface area contributed by atoms with Crippen LogP contribution in [-0.4, -0.2) is 29.3 Å². The van der Waals surface area contributed by atoms with Crippen molar-refractivity contribution in [1.82, 2.24) is 0 Å². The number of benzene rings is 1. The van der Waals surface area contributed by atoms with Crippen LogP contribution >= 0.6 is 11.6 Å². The van der Waals surface area contributed by atoms with Gasteiger partial charge in [0.1, 0.15) is 5.78 Å². The van der Waals surface area contributed by atoms with E-state index < -0.39 is 10.9 Å². The maximum atomic E-state index is 11.4. The molecule has 0 saturated carbocycles. The van der Waals surface area contributed by atoms with Crippen LogP contribution in [0.1, 0.15) is 10.4 Å². The molecular weight excluding hydrogens is 180 g/mol. The molecule has 0 amide bonds. The van der Waals surface area contributed by atoms with Crippen molar-refractivity contribution < 1.29 is 4.79 Å². The van der Waals surface area contributed by atoms with Crippen LogP contribution in [0.15, 0.2) is 24.3 Å². The average molecular weight is 184 g/mol. The Labute approximate surface area is 86.1 Å². The van der Waals surface area contributed by atoms with E-state index in [0.717, 1.165) is 0 Å². The normalized spacial score (nSPS) is 11.2. The van der Waals surface area contributed by atoms with E-state index in [1.54, 1.807) is 12.1 Å². The van der Waals surface area contributed by atoms with E-state index in [-0.39, 0.29) is 0 Å². The standard InChI is InChI=1S/C8H4B3ClO/c9-8(10,11)7(13)5-1-3-6(12)4-2-5/h1-4H. The third-order valence-electron chi connectivity index (χ3n) is 1.50. The number of ketones is 1. The van der Waals surface area contributed by atoms with Gasteiger partial charge in [0.25, 0.3) is 0 Å². The van der Waals surface area contributed by atoms with Gasteiger partial charge in [0.2, 0.25) is 0 Å². The Kier molecular flexibility index (Phi) is 2.92. The molecule has 0 fully saturated rings. The lowest BCUT2D eigenvalue weighted by atomic mass is 9.40. The Morgan fingerprint density at radius 2 is 1.62 bits per heavy atom. The third kappa shape index (κ3) is 2.66. The summed E-state index contributed by atoms with van der Waals surface area (Å²) in [5.41, 5.74) is 0.344. The van der Waals surface area contributed by atoms with E-state index in [4.69, 9.17) is 35.1 Å². The zero-order chi connectivity index (χ0) is 10.1. The van der Waals surface area contributed by atoms with Crippen molar-refractivity contribution in [3.8, 4) is 0 Å². The molecule has 0 aliphatic rings. The summed E-state index contributed by atoms with van der Waals surface area (Å²) in [4.78, 5) is 11.4. The van der Waals surface area contributed by atoms with Crippen molar-refractivity contribution in [2.45, 2.75) is 5.11 Å². The van der Waals surface area contributed by atoms with E-state index in [1.807, 2.05) is 0 Å². The number of hydrogen-bond donors (Lipinski definition) is 0. The van der Waals surface area contributed by atoms with E-state index in [2.05, 4.69) is 0 Å². The minimum Gasteiger partial charge on any atom is -0.296 e. The highest BCUT2D eigenvalue weighted by Gasteiger charge is 2.20. The van der Waals surface area contributed by atoms with Crippen molar-refractivity contribution in [1.29, 1.82) is 0 Å². The number of carbonyl (C=O) groups is 1. The van der Waals surface area contributed by atoms with Gasteiger partial charge in [-0.05, 0) is 12.1 Å². The average Bonchev–Trinajstić information content (AvgIpc) is 2.03. The SMILES string of the molecule is [B]C([B])([B])C(=O)c1ccc(Cl)cc1. The number of Topliss-reactive ketones (excluding diaryl/α,β-unsaturated/α-hetero) is 1. The summed E-state index contributed by atoms with van der Waals surface area (Å²) in [7, 11) is 15.7. The Morgan fingerprint density at radius 3 is 2.00 bits per heavy atom. The van der Waals surface area contributed by atoms with Crippen LogP contribution in [0.4, 0.5) is 0 Å². The molecular formula is C8H4B3ClO. The largest absolute Gasteiger partial charge is 0.296 e. The first-order chi connectivity index (χ1) is 5.91. The van der Waals surface area contributed by atoms with Crippen molar-refractivity contribution >= 4 is 40.9 Å². The molecule has 58 valence electrons. The molecule has 0 spiro atoms. The lowest BCUT2D eigenvalue weighted by molar-refractivity contribution is 0.0993. The number of hydrogen-bond acceptors (Lipinski definition) is 1. The third-order valence-corrected chi connectivity index (χ3v) is 1.75. The molecule has 1 aromatic rings. The molecule has 0 atom stereocenters. The van der Waals surface area contributed by atoms with Crippen molar-refractivity contribution in [2.75, 3.05) is 0 Å². The molecule has 0 aliphatic heterocycles. The summed E-state index contributed by atoms with van der Waals surface area (Å²) >= 11 is 5.63. The zero-order valence-corrected chi connectivity index (χ0v) is 7.58. The van der Waals surface area contributed by atoms with Gasteiger partial charge in [-0.25, -0.2) is 0 Å². The molecule has 0 aromatic heterocycles. The monoisotopic (exact) mass is 184 g/mol. The minimum absolute atomic E-state index is 0.344. The summed E-state index contributed by atoms with van der Waals surface area (Å²) in [6.45, 7) is 0. The molecule has 0 bridgehead atoms. The Bertz CT molecular complexity index is 315. The van der Waals surface area contributed by atoms with Crippen LogP contribution in [0.25, 0.3) is 0 Å². The number of rotatable bonds is 2. The molecule has 1 aromatic carbocycles. The molecule has 1 nitrogen and oxygen atoms in total. The summed E-state index contributed by atoms with van der Waals surface area (Å²) < 4.78 is 0. The molecule has 0 unspecified atom stereocenters. The second kappa shape index (κ2) is 3.63. The second-order valence-corrected chi connectivity index (χ2v) is 3.21. The van der Waals surface area contributed by atoms with Crippen molar-refractivity contribution in [3.63, 3.8) is 0 Å². The fraction of sp³-hybridized carbons (Fsp3) is 0.125. The molecule has 0 saturated heterocycles. The van der Waals surface area contributed by atoms with Gasteiger partial charge in [-0.3, -0.25) is 4.79 Å². The van der Waals surface area contributed by atoms with Crippen LogP contribution in [0, 0.1) is 0 Å². The number of halogens is 1. The van der Waals surface area contributed by atoms with Gasteiger partial charge in [0, 0.05) is 10.6 Å². The first kappa shape index (κ1) is 10.5. The summed E-state index contributed by atoms with van der Waals surface area (Å²) in [6.07, 6.45) is 0. The van der Waals surface area contributed by atoms with Gasteiger partial charge in [-0.1, -0.05) is 28.8 Å². The zero-order valence-electron chi connectivity index (χ0n) is 6.83. The Balaban J connectivity index is 2.97. The predicted molar refractivity (Wildman–Crippen MR) is 55.7 cm³/mol. The van der Waals surface area contributed by atoms with Crippen LogP contribution in [-0.2, 0) is 0 Å². The van der Waals surface area contributed by atoms with E-state index in [1.165, 1.54) is 12.1 Å². The Hall–Kier alpha value is -0.625. The molecule has 13 heavy (non-hydrogen) atoms. The highest BCUT2D eigenvalue weighted by molar-refractivity contribution is 6.70. The highest BCUT2D eigenvalue weighted by atomic mass is 35.5. The second-order valence-electron chi connectivity index (χ2n) is 2.77. The van der Waals surface area contributed by atoms with Crippen LogP contribution in [0.5, 0.6) is 0 Å². The van der Waals surface area contributed by atoms with Gasteiger partial charge >= 0.3 is 0 Å². The van der Waals surface area contributed by atoms with Gasteiger partial charge in [0.15, 0.2) is 0 Å². The number of carbonyl (C=O) groups excluding carboxylic acids is 1. The molecule has 6 radical (unpaired) electrons. The predicted octanol–water partition coefficient (Wildman–Crippen LogP) is 1.10. The van der Waals surface area contributed by atoms with E-state index >= 15 is 0 Å². The Morgan fingerprint density at radius 1 is 1.15 bits per heavy atom. The quantitative estimate of drug-likeness (QED) is 0.496. The molecule has 1 rings (SSSR count). The maximum absolute atomic E-state index is 11.4. The lowest BCUT2D eigenvalue weighted by Gasteiger charge is -2.17. The van der Waals surface area contributed by atoms with E-state index in [9.17, 15) is 4.79 Å². The van der Waals surface area contributed by atoms with Crippen LogP contribution < -0.4 is 0 Å². The molecule has 0 aliphatic carbocycles. The molecule has 5 heteroatoms. The van der Waals surface area contributed by atoms with Crippen molar-refractivity contribution in [3.05, 3.63) is 34.9 Å². The first-order valence-corrected chi connectivity index (χ1v) is 3.96. The van der Waals surface area contributed by atoms with Gasteiger partial charge < -0.3 is 0 Å². The highest BCUT2D eigenvalue weighted by Crippen LogP contribution is 2.19. The van der Waals surface area contributed by atoms with Gasteiger partial charge in [0.05, 0.1) is 23.5 Å². The minimum atomic E-state index is -1.83. The van der Waals surface area contributed by atoms with Crippen molar-refractivity contribution in [2.24, 2.45) is 0 Å². The summed E-state index contributed by atoms with van der Waals surface area (Å²) in [5, 5.41) is -1.29. The molecule has 0 N–H and O–H groups in total. The van der Waals surface area contributed by atoms with E-state index in [0.29, 0.717) is 10.6 Å². The van der Waals surface area contributed by atoms with Crippen LogP contribution in [0.2, 0.25) is 10.1 Å². The van der Waals surface area contributed by atoms with Crippen LogP contribution in [0.3, 0.4) is 0 Å². The summed E-state index contributed by atoms with van der Waals surface area (Å²) in [5.74, 6) is -0.524. The smallest absolute Gasteiger partial charge is 0.144 e. The van der Waals surface area contributed by atoms with Gasteiger partial charge in [-0.15, -0.1) is 0 Å². The maximum Gasteiger partial charge on any atom is 0.144 e. The topological polar surface area (TPSA) is 17.1 Å².